The van der Waals surface area contributed by atoms with Crippen LogP contribution in [-0.4, -0.2) is 29.3 Å². The first-order valence-corrected chi connectivity index (χ1v) is 7.50. The molecule has 2 atom stereocenters. The van der Waals surface area contributed by atoms with Gasteiger partial charge in [-0.2, -0.15) is 0 Å². The van der Waals surface area contributed by atoms with Crippen molar-refractivity contribution in [3.8, 4) is 0 Å². The zero-order valence-electron chi connectivity index (χ0n) is 11.6. The SMILES string of the molecule is CN(c1ccnc2cc(Cl)ccc12)C1CCCCC1O. The number of pyridine rings is 1. The maximum Gasteiger partial charge on any atom is 0.0743 e. The van der Waals surface area contributed by atoms with E-state index in [1.54, 1.807) is 6.20 Å². The molecule has 0 amide bonds. The van der Waals surface area contributed by atoms with E-state index in [1.807, 2.05) is 24.3 Å². The van der Waals surface area contributed by atoms with Crippen LogP contribution in [0.4, 0.5) is 5.69 Å². The molecule has 20 heavy (non-hydrogen) atoms. The highest BCUT2D eigenvalue weighted by Crippen LogP contribution is 2.31. The lowest BCUT2D eigenvalue weighted by molar-refractivity contribution is 0.106. The number of likely N-dealkylation sites (N-methyl/N-ethyl adjacent to an activating group) is 1. The van der Waals surface area contributed by atoms with Gasteiger partial charge in [-0.3, -0.25) is 4.98 Å². The van der Waals surface area contributed by atoms with Gasteiger partial charge in [0.05, 0.1) is 17.7 Å². The van der Waals surface area contributed by atoms with Crippen LogP contribution in [0.1, 0.15) is 25.7 Å². The average Bonchev–Trinajstić information content (AvgIpc) is 2.46. The number of fused-ring (bicyclic) bond motifs is 1. The minimum absolute atomic E-state index is 0.185. The van der Waals surface area contributed by atoms with Gasteiger partial charge in [-0.25, -0.2) is 0 Å². The van der Waals surface area contributed by atoms with Crippen LogP contribution < -0.4 is 4.90 Å². The molecule has 2 aromatic rings. The molecule has 0 spiro atoms. The summed E-state index contributed by atoms with van der Waals surface area (Å²) >= 11 is 6.03. The summed E-state index contributed by atoms with van der Waals surface area (Å²) in [6.45, 7) is 0. The van der Waals surface area contributed by atoms with Gasteiger partial charge >= 0.3 is 0 Å². The highest BCUT2D eigenvalue weighted by atomic mass is 35.5. The van der Waals surface area contributed by atoms with E-state index >= 15 is 0 Å². The summed E-state index contributed by atoms with van der Waals surface area (Å²) in [5.41, 5.74) is 2.00. The van der Waals surface area contributed by atoms with Crippen molar-refractivity contribution in [2.75, 3.05) is 11.9 Å². The number of halogens is 1. The number of nitrogens with zero attached hydrogens (tertiary/aromatic N) is 2. The Bertz CT molecular complexity index is 616. The van der Waals surface area contributed by atoms with E-state index in [9.17, 15) is 5.11 Å². The second-order valence-corrected chi connectivity index (χ2v) is 5.96. The summed E-state index contributed by atoms with van der Waals surface area (Å²) in [4.78, 5) is 6.57. The number of hydrogen-bond acceptors (Lipinski definition) is 3. The molecule has 0 saturated heterocycles. The van der Waals surface area contributed by atoms with Crippen molar-refractivity contribution < 1.29 is 5.11 Å². The minimum Gasteiger partial charge on any atom is -0.391 e. The lowest BCUT2D eigenvalue weighted by Crippen LogP contribution is -2.43. The fourth-order valence-electron chi connectivity index (χ4n) is 3.14. The predicted octanol–water partition coefficient (Wildman–Crippen LogP) is 3.63. The van der Waals surface area contributed by atoms with Gasteiger partial charge in [0.25, 0.3) is 0 Å². The third kappa shape index (κ3) is 2.48. The Labute approximate surface area is 124 Å². The Morgan fingerprint density at radius 3 is 2.85 bits per heavy atom. The molecular weight excluding hydrogens is 272 g/mol. The molecule has 1 aromatic heterocycles. The van der Waals surface area contributed by atoms with E-state index in [2.05, 4.69) is 16.9 Å². The van der Waals surface area contributed by atoms with Crippen LogP contribution in [0.5, 0.6) is 0 Å². The molecule has 2 unspecified atom stereocenters. The van der Waals surface area contributed by atoms with Crippen molar-refractivity contribution in [3.05, 3.63) is 35.5 Å². The first-order chi connectivity index (χ1) is 9.66. The van der Waals surface area contributed by atoms with Gasteiger partial charge in [-0.05, 0) is 37.1 Å². The second kappa shape index (κ2) is 5.58. The van der Waals surface area contributed by atoms with Crippen LogP contribution in [0, 0.1) is 0 Å². The highest BCUT2D eigenvalue weighted by Gasteiger charge is 2.27. The first kappa shape index (κ1) is 13.7. The van der Waals surface area contributed by atoms with Crippen molar-refractivity contribution >= 4 is 28.2 Å². The maximum absolute atomic E-state index is 10.2. The fourth-order valence-corrected chi connectivity index (χ4v) is 3.30. The Hall–Kier alpha value is -1.32. The molecule has 1 heterocycles. The summed E-state index contributed by atoms with van der Waals surface area (Å²) in [6.07, 6.45) is 5.79. The molecule has 0 bridgehead atoms. The molecule has 1 aromatic carbocycles. The number of aromatic nitrogens is 1. The predicted molar refractivity (Wildman–Crippen MR) is 83.4 cm³/mol. The third-order valence-electron chi connectivity index (χ3n) is 4.25. The smallest absolute Gasteiger partial charge is 0.0743 e. The van der Waals surface area contributed by atoms with Gasteiger partial charge in [-0.15, -0.1) is 0 Å². The van der Waals surface area contributed by atoms with Gasteiger partial charge in [0.1, 0.15) is 0 Å². The number of anilines is 1. The zero-order valence-corrected chi connectivity index (χ0v) is 12.3. The van der Waals surface area contributed by atoms with Gasteiger partial charge in [0.15, 0.2) is 0 Å². The summed E-state index contributed by atoms with van der Waals surface area (Å²) in [5.74, 6) is 0. The summed E-state index contributed by atoms with van der Waals surface area (Å²) in [5, 5.41) is 12.0. The Balaban J connectivity index is 2.00. The van der Waals surface area contributed by atoms with Crippen LogP contribution in [0.2, 0.25) is 5.02 Å². The first-order valence-electron chi connectivity index (χ1n) is 7.12. The lowest BCUT2D eigenvalue weighted by Gasteiger charge is -2.37. The van der Waals surface area contributed by atoms with E-state index in [4.69, 9.17) is 11.6 Å². The molecular formula is C16H19ClN2O. The maximum atomic E-state index is 10.2. The summed E-state index contributed by atoms with van der Waals surface area (Å²) in [6, 6.07) is 7.97. The lowest BCUT2D eigenvalue weighted by atomic mass is 9.91. The molecule has 0 radical (unpaired) electrons. The largest absolute Gasteiger partial charge is 0.391 e. The van der Waals surface area contributed by atoms with Gasteiger partial charge in [0, 0.05) is 29.3 Å². The molecule has 1 fully saturated rings. The third-order valence-corrected chi connectivity index (χ3v) is 4.49. The Kier molecular flexibility index (Phi) is 3.81. The molecule has 0 aliphatic heterocycles. The fraction of sp³-hybridized carbons (Fsp3) is 0.438. The monoisotopic (exact) mass is 290 g/mol. The van der Waals surface area contributed by atoms with Crippen LogP contribution in [-0.2, 0) is 0 Å². The van der Waals surface area contributed by atoms with Gasteiger partial charge < -0.3 is 10.0 Å². The molecule has 1 N–H and O–H groups in total. The molecule has 3 nitrogen and oxygen atoms in total. The van der Waals surface area contributed by atoms with Crippen molar-refractivity contribution in [2.45, 2.75) is 37.8 Å². The number of aliphatic hydroxyl groups excluding tert-OH is 1. The molecule has 3 rings (SSSR count). The molecule has 1 saturated carbocycles. The van der Waals surface area contributed by atoms with Crippen LogP contribution in [0.3, 0.4) is 0 Å². The standard InChI is InChI=1S/C16H19ClN2O/c1-19(15-4-2-3-5-16(15)20)14-8-9-18-13-10-11(17)6-7-12(13)14/h6-10,15-16,20H,2-5H2,1H3. The van der Waals surface area contributed by atoms with E-state index in [0.29, 0.717) is 5.02 Å². The van der Waals surface area contributed by atoms with Gasteiger partial charge in [-0.1, -0.05) is 24.4 Å². The van der Waals surface area contributed by atoms with E-state index in [0.717, 1.165) is 35.9 Å². The molecule has 1 aliphatic rings. The minimum atomic E-state index is -0.246. The highest BCUT2D eigenvalue weighted by molar-refractivity contribution is 6.31. The van der Waals surface area contributed by atoms with Crippen molar-refractivity contribution in [2.24, 2.45) is 0 Å². The number of aliphatic hydroxyl groups is 1. The van der Waals surface area contributed by atoms with Crippen molar-refractivity contribution in [1.29, 1.82) is 0 Å². The average molecular weight is 291 g/mol. The van der Waals surface area contributed by atoms with E-state index in [1.165, 1.54) is 6.42 Å². The zero-order chi connectivity index (χ0) is 14.1. The van der Waals surface area contributed by atoms with E-state index in [-0.39, 0.29) is 12.1 Å². The van der Waals surface area contributed by atoms with Crippen LogP contribution in [0.15, 0.2) is 30.5 Å². The number of hydrogen-bond donors (Lipinski definition) is 1. The summed E-state index contributed by atoms with van der Waals surface area (Å²) in [7, 11) is 2.06. The topological polar surface area (TPSA) is 36.4 Å². The Morgan fingerprint density at radius 2 is 2.05 bits per heavy atom. The summed E-state index contributed by atoms with van der Waals surface area (Å²) < 4.78 is 0. The quantitative estimate of drug-likeness (QED) is 0.917. The molecule has 1 aliphatic carbocycles. The van der Waals surface area contributed by atoms with Gasteiger partial charge in [0.2, 0.25) is 0 Å². The normalized spacial score (nSPS) is 22.9. The Morgan fingerprint density at radius 1 is 1.25 bits per heavy atom. The van der Waals surface area contributed by atoms with E-state index < -0.39 is 0 Å². The molecule has 106 valence electrons. The van der Waals surface area contributed by atoms with Crippen molar-refractivity contribution in [3.63, 3.8) is 0 Å². The van der Waals surface area contributed by atoms with Crippen LogP contribution >= 0.6 is 11.6 Å². The number of benzene rings is 1. The second-order valence-electron chi connectivity index (χ2n) is 5.52. The van der Waals surface area contributed by atoms with Crippen LogP contribution in [0.25, 0.3) is 10.9 Å². The number of rotatable bonds is 2. The van der Waals surface area contributed by atoms with Crippen molar-refractivity contribution in [1.82, 2.24) is 4.98 Å². The molecule has 4 heteroatoms.